The third-order valence-corrected chi connectivity index (χ3v) is 8.23. The van der Waals surface area contributed by atoms with Gasteiger partial charge in [-0.2, -0.15) is 13.1 Å². The molecule has 0 saturated carbocycles. The number of sulfonamides is 1. The fraction of sp³-hybridized carbons (Fsp3) is 0.286. The molecule has 3 heterocycles. The molecule has 2 aromatic heterocycles. The minimum atomic E-state index is -3.74. The van der Waals surface area contributed by atoms with Gasteiger partial charge in [-0.15, -0.1) is 0 Å². The lowest BCUT2D eigenvalue weighted by Gasteiger charge is -2.34. The van der Waals surface area contributed by atoms with E-state index < -0.39 is 10.0 Å². The van der Waals surface area contributed by atoms with Crippen LogP contribution < -0.4 is 5.56 Å². The van der Waals surface area contributed by atoms with Gasteiger partial charge in [-0.25, -0.2) is 13.4 Å². The molecular formula is C21H20N6O4S2. The number of benzene rings is 2. The molecule has 1 aliphatic rings. The van der Waals surface area contributed by atoms with Gasteiger partial charge < -0.3 is 4.90 Å². The van der Waals surface area contributed by atoms with Crippen LogP contribution in [0, 0.1) is 0 Å². The lowest BCUT2D eigenvalue weighted by molar-refractivity contribution is -0.132. The van der Waals surface area contributed by atoms with Crippen molar-refractivity contribution >= 4 is 49.6 Å². The molecule has 0 atom stereocenters. The Morgan fingerprint density at radius 1 is 0.970 bits per heavy atom. The molecule has 0 spiro atoms. The van der Waals surface area contributed by atoms with Crippen molar-refractivity contribution < 1.29 is 13.2 Å². The van der Waals surface area contributed by atoms with Crippen LogP contribution in [-0.4, -0.2) is 68.0 Å². The Bertz CT molecular complexity index is 1510. The third-order valence-electron chi connectivity index (χ3n) is 5.76. The first-order valence-electron chi connectivity index (χ1n) is 10.4. The van der Waals surface area contributed by atoms with Gasteiger partial charge in [0, 0.05) is 39.1 Å². The molecule has 170 valence electrons. The van der Waals surface area contributed by atoms with Crippen molar-refractivity contribution in [3.05, 3.63) is 59.1 Å². The molecule has 0 unspecified atom stereocenters. The van der Waals surface area contributed by atoms with Crippen LogP contribution in [0.15, 0.2) is 58.5 Å². The summed E-state index contributed by atoms with van der Waals surface area (Å²) in [5, 5.41) is 0.511. The molecule has 33 heavy (non-hydrogen) atoms. The SMILES string of the molecule is O=C(CCn1cnc2ccccc2c1=O)N1CCN(S(=O)(=O)c2cccc3nsnc23)CC1. The smallest absolute Gasteiger partial charge is 0.261 e. The van der Waals surface area contributed by atoms with Gasteiger partial charge in [0.25, 0.3) is 5.56 Å². The summed E-state index contributed by atoms with van der Waals surface area (Å²) in [7, 11) is -3.74. The Labute approximate surface area is 193 Å². The van der Waals surface area contributed by atoms with Gasteiger partial charge in [-0.1, -0.05) is 18.2 Å². The van der Waals surface area contributed by atoms with Crippen LogP contribution in [-0.2, 0) is 21.4 Å². The highest BCUT2D eigenvalue weighted by Crippen LogP contribution is 2.25. The number of hydrogen-bond acceptors (Lipinski definition) is 8. The second-order valence-electron chi connectivity index (χ2n) is 7.68. The lowest BCUT2D eigenvalue weighted by atomic mass is 10.2. The molecule has 1 fully saturated rings. The fourth-order valence-corrected chi connectivity index (χ4v) is 6.12. The van der Waals surface area contributed by atoms with E-state index >= 15 is 0 Å². The maximum atomic E-state index is 13.1. The van der Waals surface area contributed by atoms with Gasteiger partial charge >= 0.3 is 0 Å². The fourth-order valence-electron chi connectivity index (χ4n) is 3.95. The minimum absolute atomic E-state index is 0.127. The van der Waals surface area contributed by atoms with Crippen LogP contribution >= 0.6 is 11.7 Å². The summed E-state index contributed by atoms with van der Waals surface area (Å²) in [6, 6.07) is 12.0. The van der Waals surface area contributed by atoms with E-state index in [0.717, 1.165) is 11.7 Å². The summed E-state index contributed by atoms with van der Waals surface area (Å²) in [5.74, 6) is -0.127. The molecule has 12 heteroatoms. The summed E-state index contributed by atoms with van der Waals surface area (Å²) in [5.41, 5.74) is 1.35. The van der Waals surface area contributed by atoms with Gasteiger partial charge in [0.15, 0.2) is 0 Å². The number of aryl methyl sites for hydroxylation is 1. The van der Waals surface area contributed by atoms with E-state index in [2.05, 4.69) is 13.7 Å². The van der Waals surface area contributed by atoms with Crippen LogP contribution in [0.25, 0.3) is 21.9 Å². The highest BCUT2D eigenvalue weighted by molar-refractivity contribution is 7.89. The number of para-hydroxylation sites is 1. The predicted octanol–water partition coefficient (Wildman–Crippen LogP) is 1.32. The Balaban J connectivity index is 1.23. The standard InChI is InChI=1S/C21H20N6O4S2/c28-19(8-9-26-14-22-16-5-2-1-4-15(16)21(26)29)25-10-12-27(13-11-25)33(30,31)18-7-3-6-17-20(18)24-32-23-17/h1-7,14H,8-13H2. The number of hydrogen-bond donors (Lipinski definition) is 0. The number of piperazine rings is 1. The Morgan fingerprint density at radius 2 is 1.73 bits per heavy atom. The van der Waals surface area contributed by atoms with E-state index in [9.17, 15) is 18.0 Å². The molecule has 1 amide bonds. The number of carbonyl (C=O) groups is 1. The molecule has 5 rings (SSSR count). The third kappa shape index (κ3) is 4.01. The highest BCUT2D eigenvalue weighted by atomic mass is 32.2. The Kier molecular flexibility index (Phi) is 5.64. The van der Waals surface area contributed by atoms with Crippen LogP contribution in [0.5, 0.6) is 0 Å². The maximum Gasteiger partial charge on any atom is 0.261 e. The van der Waals surface area contributed by atoms with Gasteiger partial charge in [-0.3, -0.25) is 14.2 Å². The van der Waals surface area contributed by atoms with Crippen molar-refractivity contribution in [3.63, 3.8) is 0 Å². The van der Waals surface area contributed by atoms with Crippen molar-refractivity contribution in [1.82, 2.24) is 27.5 Å². The number of fused-ring (bicyclic) bond motifs is 2. The van der Waals surface area contributed by atoms with E-state index in [1.165, 1.54) is 21.3 Å². The number of aromatic nitrogens is 4. The number of rotatable bonds is 5. The summed E-state index contributed by atoms with van der Waals surface area (Å²) < 4.78 is 37.3. The second-order valence-corrected chi connectivity index (χ2v) is 10.1. The van der Waals surface area contributed by atoms with Crippen LogP contribution in [0.2, 0.25) is 0 Å². The average molecular weight is 485 g/mol. The molecule has 1 aliphatic heterocycles. The van der Waals surface area contributed by atoms with Crippen LogP contribution in [0.1, 0.15) is 6.42 Å². The van der Waals surface area contributed by atoms with Gasteiger partial charge in [-0.05, 0) is 24.3 Å². The molecule has 0 N–H and O–H groups in total. The average Bonchev–Trinajstić information content (AvgIpc) is 3.33. The Hall–Kier alpha value is -3.22. The topological polar surface area (TPSA) is 118 Å². The van der Waals surface area contributed by atoms with Gasteiger partial charge in [0.2, 0.25) is 15.9 Å². The second kappa shape index (κ2) is 8.61. The van der Waals surface area contributed by atoms with Crippen molar-refractivity contribution in [1.29, 1.82) is 0 Å². The summed E-state index contributed by atoms with van der Waals surface area (Å²) >= 11 is 0.975. The first-order chi connectivity index (χ1) is 15.9. The zero-order valence-electron chi connectivity index (χ0n) is 17.5. The summed E-state index contributed by atoms with van der Waals surface area (Å²) in [6.07, 6.45) is 1.59. The number of nitrogens with zero attached hydrogens (tertiary/aromatic N) is 6. The van der Waals surface area contributed by atoms with Crippen LogP contribution in [0.3, 0.4) is 0 Å². The molecule has 0 radical (unpaired) electrons. The molecule has 2 aromatic carbocycles. The maximum absolute atomic E-state index is 13.1. The highest BCUT2D eigenvalue weighted by Gasteiger charge is 2.31. The normalized spacial score (nSPS) is 15.3. The molecule has 4 aromatic rings. The molecule has 10 nitrogen and oxygen atoms in total. The monoisotopic (exact) mass is 484 g/mol. The quantitative estimate of drug-likeness (QED) is 0.419. The summed E-state index contributed by atoms with van der Waals surface area (Å²) in [4.78, 5) is 31.4. The molecule has 0 aliphatic carbocycles. The molecule has 1 saturated heterocycles. The van der Waals surface area contributed by atoms with Gasteiger partial charge in [0.1, 0.15) is 15.9 Å². The first-order valence-corrected chi connectivity index (χ1v) is 12.6. The van der Waals surface area contributed by atoms with E-state index in [0.29, 0.717) is 21.9 Å². The van der Waals surface area contributed by atoms with E-state index in [1.807, 2.05) is 6.07 Å². The minimum Gasteiger partial charge on any atom is -0.340 e. The largest absolute Gasteiger partial charge is 0.340 e. The summed E-state index contributed by atoms with van der Waals surface area (Å²) in [6.45, 7) is 1.17. The van der Waals surface area contributed by atoms with Crippen molar-refractivity contribution in [2.75, 3.05) is 26.2 Å². The zero-order valence-corrected chi connectivity index (χ0v) is 19.1. The van der Waals surface area contributed by atoms with Crippen molar-refractivity contribution in [2.24, 2.45) is 0 Å². The zero-order chi connectivity index (χ0) is 23.0. The Morgan fingerprint density at radius 3 is 2.55 bits per heavy atom. The van der Waals surface area contributed by atoms with Crippen molar-refractivity contribution in [2.45, 2.75) is 17.9 Å². The van der Waals surface area contributed by atoms with E-state index in [1.54, 1.807) is 35.2 Å². The molecular weight excluding hydrogens is 464 g/mol. The van der Waals surface area contributed by atoms with Crippen LogP contribution in [0.4, 0.5) is 0 Å². The van der Waals surface area contributed by atoms with Gasteiger partial charge in [0.05, 0.1) is 29.0 Å². The molecule has 0 bridgehead atoms. The lowest BCUT2D eigenvalue weighted by Crippen LogP contribution is -2.50. The predicted molar refractivity (Wildman–Crippen MR) is 123 cm³/mol. The van der Waals surface area contributed by atoms with Crippen molar-refractivity contribution in [3.8, 4) is 0 Å². The number of amides is 1. The number of carbonyl (C=O) groups excluding carboxylic acids is 1. The van der Waals surface area contributed by atoms with E-state index in [4.69, 9.17) is 0 Å². The van der Waals surface area contributed by atoms with E-state index in [-0.39, 0.29) is 55.5 Å². The first kappa shape index (κ1) is 21.6.